The number of aromatic nitrogens is 3. The first-order chi connectivity index (χ1) is 6.29. The van der Waals surface area contributed by atoms with Crippen molar-refractivity contribution in [2.45, 2.75) is 0 Å². The Hall–Kier alpha value is -1.69. The summed E-state index contributed by atoms with van der Waals surface area (Å²) in [5, 5.41) is 7.53. The van der Waals surface area contributed by atoms with Crippen LogP contribution < -0.4 is 10.5 Å². The highest BCUT2D eigenvalue weighted by Crippen LogP contribution is 2.05. The normalized spacial score (nSPS) is 10.2. The summed E-state index contributed by atoms with van der Waals surface area (Å²) in [5.41, 5.74) is 5.58. The Morgan fingerprint density at radius 1 is 1.46 bits per heavy atom. The van der Waals surface area contributed by atoms with Crippen LogP contribution in [0.4, 0.5) is 5.95 Å². The van der Waals surface area contributed by atoms with Crippen LogP contribution in [-0.2, 0) is 0 Å². The Labute approximate surface area is 78.2 Å². The van der Waals surface area contributed by atoms with E-state index in [1.807, 2.05) is 12.1 Å². The Kier molecular flexibility index (Phi) is 1.82. The zero-order valence-electron chi connectivity index (χ0n) is 6.64. The van der Waals surface area contributed by atoms with Gasteiger partial charge in [-0.25, -0.2) is 9.55 Å². The van der Waals surface area contributed by atoms with Crippen LogP contribution in [0.25, 0.3) is 5.82 Å². The second-order valence-electron chi connectivity index (χ2n) is 2.37. The van der Waals surface area contributed by atoms with Gasteiger partial charge in [-0.05, 0) is 12.1 Å². The molecule has 2 rings (SSSR count). The quantitative estimate of drug-likeness (QED) is 0.687. The van der Waals surface area contributed by atoms with Crippen molar-refractivity contribution in [3.8, 4) is 5.82 Å². The van der Waals surface area contributed by atoms with Gasteiger partial charge in [0.05, 0.1) is 0 Å². The monoisotopic (exact) mass is 193 g/mol. The minimum absolute atomic E-state index is 0.274. The van der Waals surface area contributed by atoms with E-state index >= 15 is 0 Å². The van der Waals surface area contributed by atoms with Crippen LogP contribution in [0.2, 0.25) is 0 Å². The predicted molar refractivity (Wildman–Crippen MR) is 49.5 cm³/mol. The molecular weight excluding hydrogens is 186 g/mol. The van der Waals surface area contributed by atoms with E-state index < -0.39 is 0 Å². The lowest BCUT2D eigenvalue weighted by Gasteiger charge is -2.00. The maximum atomic E-state index is 7.53. The van der Waals surface area contributed by atoms with Gasteiger partial charge in [0.1, 0.15) is 5.82 Å². The lowest BCUT2D eigenvalue weighted by atomic mass is 10.5. The molecule has 5 nitrogen and oxygen atoms in total. The molecule has 0 aliphatic rings. The third-order valence-electron chi connectivity index (χ3n) is 1.54. The van der Waals surface area contributed by atoms with E-state index in [0.717, 1.165) is 11.5 Å². The smallest absolute Gasteiger partial charge is 0.219 e. The number of anilines is 1. The highest BCUT2D eigenvalue weighted by Gasteiger charge is 2.04. The highest BCUT2D eigenvalue weighted by molar-refractivity contribution is 7.02. The second-order valence-corrected chi connectivity index (χ2v) is 3.12. The highest BCUT2D eigenvalue weighted by atomic mass is 32.1. The predicted octanol–water partition coefficient (Wildman–Crippen LogP) is 0.390. The third-order valence-corrected chi connectivity index (χ3v) is 2.17. The third kappa shape index (κ3) is 1.31. The number of nitrogens with zero attached hydrogens (tertiary/aromatic N) is 3. The summed E-state index contributed by atoms with van der Waals surface area (Å²) < 4.78 is 5.34. The van der Waals surface area contributed by atoms with E-state index in [0.29, 0.717) is 11.8 Å². The van der Waals surface area contributed by atoms with E-state index in [1.54, 1.807) is 12.3 Å². The van der Waals surface area contributed by atoms with Crippen molar-refractivity contribution in [3.05, 3.63) is 29.2 Å². The van der Waals surface area contributed by atoms with Gasteiger partial charge in [-0.1, -0.05) is 6.07 Å². The molecule has 0 aromatic carbocycles. The van der Waals surface area contributed by atoms with Gasteiger partial charge in [-0.3, -0.25) is 5.41 Å². The van der Waals surface area contributed by atoms with Crippen molar-refractivity contribution in [2.75, 3.05) is 5.73 Å². The first kappa shape index (κ1) is 7.93. The zero-order valence-corrected chi connectivity index (χ0v) is 7.45. The molecule has 3 N–H and O–H groups in total. The van der Waals surface area contributed by atoms with Gasteiger partial charge in [0.15, 0.2) is 0 Å². The number of rotatable bonds is 1. The number of hydrogen-bond donors (Lipinski definition) is 2. The summed E-state index contributed by atoms with van der Waals surface area (Å²) in [6, 6.07) is 5.43. The Morgan fingerprint density at radius 3 is 2.85 bits per heavy atom. The molecule has 0 bridgehead atoms. The lowest BCUT2D eigenvalue weighted by molar-refractivity contribution is 0.935. The van der Waals surface area contributed by atoms with Gasteiger partial charge in [0.2, 0.25) is 10.7 Å². The minimum atomic E-state index is 0.274. The molecule has 2 aromatic heterocycles. The Morgan fingerprint density at radius 2 is 2.31 bits per heavy atom. The molecule has 0 saturated heterocycles. The molecule has 13 heavy (non-hydrogen) atoms. The van der Waals surface area contributed by atoms with E-state index in [-0.39, 0.29) is 4.80 Å². The average molecular weight is 193 g/mol. The van der Waals surface area contributed by atoms with Crippen molar-refractivity contribution < 1.29 is 0 Å². The molecular formula is C7H7N5S. The summed E-state index contributed by atoms with van der Waals surface area (Å²) in [7, 11) is 0. The summed E-state index contributed by atoms with van der Waals surface area (Å²) in [4.78, 5) is 4.35. The van der Waals surface area contributed by atoms with Crippen LogP contribution in [0.5, 0.6) is 0 Å². The molecule has 0 saturated carbocycles. The van der Waals surface area contributed by atoms with Gasteiger partial charge in [-0.2, -0.15) is 4.37 Å². The average Bonchev–Trinajstić information content (AvgIpc) is 2.48. The van der Waals surface area contributed by atoms with Gasteiger partial charge >= 0.3 is 0 Å². The Balaban J connectivity index is 2.65. The van der Waals surface area contributed by atoms with E-state index in [2.05, 4.69) is 9.36 Å². The number of nitrogen functional groups attached to an aromatic ring is 1. The standard InChI is InChI=1S/C7H7N5S/c8-6-11-13-7(9)12(6)5-3-1-2-4-10-5/h1-4,9H,(H2,8,11). The molecule has 0 aliphatic heterocycles. The molecule has 0 radical (unpaired) electrons. The summed E-state index contributed by atoms with van der Waals surface area (Å²) >= 11 is 1.04. The molecule has 2 heterocycles. The van der Waals surface area contributed by atoms with Gasteiger partial charge in [0, 0.05) is 17.7 Å². The van der Waals surface area contributed by atoms with Gasteiger partial charge in [-0.15, -0.1) is 0 Å². The summed E-state index contributed by atoms with van der Waals surface area (Å²) in [6.45, 7) is 0. The molecule has 6 heteroatoms. The molecule has 0 spiro atoms. The molecule has 0 amide bonds. The minimum Gasteiger partial charge on any atom is -0.368 e. The van der Waals surface area contributed by atoms with Crippen molar-refractivity contribution in [2.24, 2.45) is 0 Å². The topological polar surface area (TPSA) is 80.6 Å². The lowest BCUT2D eigenvalue weighted by Crippen LogP contribution is -2.14. The van der Waals surface area contributed by atoms with Crippen LogP contribution in [0.3, 0.4) is 0 Å². The van der Waals surface area contributed by atoms with Crippen LogP contribution in [-0.4, -0.2) is 13.9 Å². The van der Waals surface area contributed by atoms with Crippen LogP contribution >= 0.6 is 11.5 Å². The molecule has 0 aliphatic carbocycles. The van der Waals surface area contributed by atoms with Crippen molar-refractivity contribution in [1.29, 1.82) is 5.41 Å². The van der Waals surface area contributed by atoms with Gasteiger partial charge in [0.25, 0.3) is 0 Å². The van der Waals surface area contributed by atoms with Gasteiger partial charge < -0.3 is 5.73 Å². The molecule has 0 atom stereocenters. The van der Waals surface area contributed by atoms with E-state index in [4.69, 9.17) is 11.1 Å². The number of hydrogen-bond acceptors (Lipinski definition) is 5. The fraction of sp³-hybridized carbons (Fsp3) is 0. The zero-order chi connectivity index (χ0) is 9.26. The summed E-state index contributed by atoms with van der Waals surface area (Å²) in [6.07, 6.45) is 1.65. The van der Waals surface area contributed by atoms with Crippen LogP contribution in [0, 0.1) is 5.41 Å². The fourth-order valence-electron chi connectivity index (χ4n) is 0.983. The van der Waals surface area contributed by atoms with E-state index in [9.17, 15) is 0 Å². The maximum Gasteiger partial charge on any atom is 0.219 e. The fourth-order valence-corrected chi connectivity index (χ4v) is 1.51. The Bertz CT molecular complexity index is 457. The van der Waals surface area contributed by atoms with Crippen LogP contribution in [0.1, 0.15) is 0 Å². The second kappa shape index (κ2) is 2.98. The largest absolute Gasteiger partial charge is 0.368 e. The SMILES string of the molecule is N=c1snc(N)n1-c1ccccn1. The number of nitrogens with two attached hydrogens (primary N) is 1. The van der Waals surface area contributed by atoms with Crippen molar-refractivity contribution in [1.82, 2.24) is 13.9 Å². The molecule has 0 unspecified atom stereocenters. The summed E-state index contributed by atoms with van der Waals surface area (Å²) in [5.74, 6) is 0.924. The maximum absolute atomic E-state index is 7.53. The molecule has 0 fully saturated rings. The van der Waals surface area contributed by atoms with Crippen molar-refractivity contribution in [3.63, 3.8) is 0 Å². The molecule has 66 valence electrons. The van der Waals surface area contributed by atoms with Crippen LogP contribution in [0.15, 0.2) is 24.4 Å². The number of nitrogens with one attached hydrogen (secondary N) is 1. The first-order valence-electron chi connectivity index (χ1n) is 3.59. The molecule has 2 aromatic rings. The first-order valence-corrected chi connectivity index (χ1v) is 4.36. The van der Waals surface area contributed by atoms with Crippen molar-refractivity contribution >= 4 is 17.5 Å². The van der Waals surface area contributed by atoms with E-state index in [1.165, 1.54) is 4.57 Å². The number of pyridine rings is 1.